The second-order valence-electron chi connectivity index (χ2n) is 4.65. The fourth-order valence-corrected chi connectivity index (χ4v) is 2.50. The van der Waals surface area contributed by atoms with Gasteiger partial charge in [-0.1, -0.05) is 31.5 Å². The molecule has 0 unspecified atom stereocenters. The third kappa shape index (κ3) is 3.79. The van der Waals surface area contributed by atoms with Crippen LogP contribution in [-0.4, -0.2) is 6.03 Å². The minimum absolute atomic E-state index is 0.266. The highest BCUT2D eigenvalue weighted by Gasteiger charge is 2.13. The Morgan fingerprint density at radius 3 is 2.67 bits per heavy atom. The van der Waals surface area contributed by atoms with Crippen LogP contribution in [0, 0.1) is 0 Å². The summed E-state index contributed by atoms with van der Waals surface area (Å²) in [6.45, 7) is 4.42. The van der Waals surface area contributed by atoms with Crippen molar-refractivity contribution in [3.63, 3.8) is 0 Å². The maximum absolute atomic E-state index is 12.0. The van der Waals surface area contributed by atoms with Crippen LogP contribution in [0.3, 0.4) is 0 Å². The summed E-state index contributed by atoms with van der Waals surface area (Å²) in [4.78, 5) is 12.0. The normalized spacial score (nSPS) is 10.4. The zero-order valence-corrected chi connectivity index (χ0v) is 13.0. The summed E-state index contributed by atoms with van der Waals surface area (Å²) in [5.74, 6) is 0.711. The summed E-state index contributed by atoms with van der Waals surface area (Å²) in [7, 11) is 0. The predicted octanol–water partition coefficient (Wildman–Crippen LogP) is 4.38. The molecule has 2 rings (SSSR count). The molecule has 0 aliphatic rings. The van der Waals surface area contributed by atoms with Gasteiger partial charge in [-0.25, -0.2) is 4.79 Å². The van der Waals surface area contributed by atoms with Gasteiger partial charge in [0, 0.05) is 5.02 Å². The second-order valence-corrected chi connectivity index (χ2v) is 5.06. The number of hydrogen-bond donors (Lipinski definition) is 2. The number of carbonyl (C=O) groups is 1. The molecule has 2 N–H and O–H groups in total. The highest BCUT2D eigenvalue weighted by atomic mass is 35.5. The van der Waals surface area contributed by atoms with Crippen LogP contribution in [0.2, 0.25) is 5.02 Å². The molecular weight excluding hydrogens is 288 g/mol. The van der Waals surface area contributed by atoms with E-state index in [9.17, 15) is 4.79 Å². The molecule has 0 atom stereocenters. The molecular formula is C16H19ClN2O2. The zero-order valence-electron chi connectivity index (χ0n) is 12.2. The van der Waals surface area contributed by atoms with Crippen molar-refractivity contribution >= 4 is 23.3 Å². The molecule has 0 aliphatic heterocycles. The molecule has 4 nitrogen and oxygen atoms in total. The van der Waals surface area contributed by atoms with Gasteiger partial charge in [0.1, 0.15) is 5.76 Å². The number of benzene rings is 1. The van der Waals surface area contributed by atoms with Crippen molar-refractivity contribution in [1.29, 1.82) is 0 Å². The Kier molecular flexibility index (Phi) is 5.28. The summed E-state index contributed by atoms with van der Waals surface area (Å²) in [5.41, 5.74) is 2.85. The number of hydrogen-bond acceptors (Lipinski definition) is 2. The Morgan fingerprint density at radius 2 is 2.05 bits per heavy atom. The minimum Gasteiger partial charge on any atom is -0.467 e. The van der Waals surface area contributed by atoms with Crippen LogP contribution in [0.4, 0.5) is 10.5 Å². The van der Waals surface area contributed by atoms with Crippen LogP contribution in [0.25, 0.3) is 0 Å². The monoisotopic (exact) mass is 306 g/mol. The smallest absolute Gasteiger partial charge is 0.319 e. The molecule has 21 heavy (non-hydrogen) atoms. The minimum atomic E-state index is -0.266. The van der Waals surface area contributed by atoms with Gasteiger partial charge in [0.05, 0.1) is 18.5 Å². The molecule has 1 aromatic carbocycles. The molecule has 5 heteroatoms. The third-order valence-electron chi connectivity index (χ3n) is 3.32. The zero-order chi connectivity index (χ0) is 15.2. The van der Waals surface area contributed by atoms with Crippen molar-refractivity contribution in [3.05, 3.63) is 52.4 Å². The van der Waals surface area contributed by atoms with Crippen molar-refractivity contribution in [1.82, 2.24) is 5.32 Å². The highest BCUT2D eigenvalue weighted by Crippen LogP contribution is 2.29. The van der Waals surface area contributed by atoms with E-state index in [1.807, 2.05) is 25.1 Å². The van der Waals surface area contributed by atoms with E-state index in [-0.39, 0.29) is 6.03 Å². The van der Waals surface area contributed by atoms with Gasteiger partial charge < -0.3 is 15.1 Å². The Labute approximate surface area is 129 Å². The molecule has 112 valence electrons. The average Bonchev–Trinajstić information content (AvgIpc) is 2.99. The summed E-state index contributed by atoms with van der Waals surface area (Å²) in [6.07, 6.45) is 3.18. The fourth-order valence-electron chi connectivity index (χ4n) is 2.21. The van der Waals surface area contributed by atoms with Gasteiger partial charge in [-0.2, -0.15) is 0 Å². The maximum atomic E-state index is 12.0. The number of urea groups is 1. The Hall–Kier alpha value is -1.94. The van der Waals surface area contributed by atoms with Crippen molar-refractivity contribution in [2.75, 3.05) is 5.32 Å². The molecule has 0 saturated carbocycles. The molecule has 0 aliphatic carbocycles. The lowest BCUT2D eigenvalue weighted by atomic mass is 10.0. The summed E-state index contributed by atoms with van der Waals surface area (Å²) >= 11 is 6.21. The van der Waals surface area contributed by atoms with Crippen LogP contribution in [0.15, 0.2) is 34.9 Å². The third-order valence-corrected chi connectivity index (χ3v) is 3.67. The van der Waals surface area contributed by atoms with Crippen LogP contribution >= 0.6 is 11.6 Å². The van der Waals surface area contributed by atoms with E-state index in [2.05, 4.69) is 17.6 Å². The lowest BCUT2D eigenvalue weighted by molar-refractivity contribution is 0.251. The number of nitrogens with one attached hydrogen (secondary N) is 2. The number of anilines is 1. The van der Waals surface area contributed by atoms with Crippen molar-refractivity contribution in [3.8, 4) is 0 Å². The predicted molar refractivity (Wildman–Crippen MR) is 84.8 cm³/mol. The van der Waals surface area contributed by atoms with Gasteiger partial charge in [-0.05, 0) is 42.2 Å². The SMILES string of the molecule is CCc1ccc(Cl)c(CC)c1NC(=O)NCc1ccco1. The van der Waals surface area contributed by atoms with E-state index in [1.165, 1.54) is 0 Å². The number of aryl methyl sites for hydroxylation is 1. The van der Waals surface area contributed by atoms with E-state index in [0.717, 1.165) is 29.7 Å². The molecule has 2 aromatic rings. The molecule has 1 heterocycles. The van der Waals surface area contributed by atoms with Crippen LogP contribution in [-0.2, 0) is 19.4 Å². The first-order chi connectivity index (χ1) is 10.2. The van der Waals surface area contributed by atoms with Crippen LogP contribution in [0.1, 0.15) is 30.7 Å². The Morgan fingerprint density at radius 1 is 1.24 bits per heavy atom. The van der Waals surface area contributed by atoms with E-state index in [0.29, 0.717) is 17.3 Å². The quantitative estimate of drug-likeness (QED) is 0.861. The van der Waals surface area contributed by atoms with Gasteiger partial charge >= 0.3 is 6.03 Å². The number of halogens is 1. The maximum Gasteiger partial charge on any atom is 0.319 e. The molecule has 1 aromatic heterocycles. The number of carbonyl (C=O) groups excluding carboxylic acids is 1. The first kappa shape index (κ1) is 15.4. The van der Waals surface area contributed by atoms with E-state index in [4.69, 9.17) is 16.0 Å². The van der Waals surface area contributed by atoms with E-state index in [1.54, 1.807) is 12.3 Å². The van der Waals surface area contributed by atoms with Gasteiger partial charge in [-0.3, -0.25) is 0 Å². The van der Waals surface area contributed by atoms with Crippen LogP contribution in [0.5, 0.6) is 0 Å². The topological polar surface area (TPSA) is 54.3 Å². The first-order valence-corrected chi connectivity index (χ1v) is 7.41. The molecule has 2 amide bonds. The lowest BCUT2D eigenvalue weighted by Crippen LogP contribution is -2.29. The summed E-state index contributed by atoms with van der Waals surface area (Å²) < 4.78 is 5.18. The second kappa shape index (κ2) is 7.18. The highest BCUT2D eigenvalue weighted by molar-refractivity contribution is 6.31. The molecule has 0 saturated heterocycles. The van der Waals surface area contributed by atoms with E-state index < -0.39 is 0 Å². The van der Waals surface area contributed by atoms with Crippen molar-refractivity contribution < 1.29 is 9.21 Å². The summed E-state index contributed by atoms with van der Waals surface area (Å²) in [6, 6.07) is 7.16. The average molecular weight is 307 g/mol. The van der Waals surface area contributed by atoms with Crippen LogP contribution < -0.4 is 10.6 Å². The lowest BCUT2D eigenvalue weighted by Gasteiger charge is -2.16. The van der Waals surface area contributed by atoms with Gasteiger partial charge in [0.15, 0.2) is 0 Å². The molecule has 0 bridgehead atoms. The largest absolute Gasteiger partial charge is 0.467 e. The summed E-state index contributed by atoms with van der Waals surface area (Å²) in [5, 5.41) is 6.35. The van der Waals surface area contributed by atoms with Gasteiger partial charge in [0.25, 0.3) is 0 Å². The first-order valence-electron chi connectivity index (χ1n) is 7.03. The Bertz CT molecular complexity index is 609. The molecule has 0 spiro atoms. The number of rotatable bonds is 5. The number of furan rings is 1. The van der Waals surface area contributed by atoms with Gasteiger partial charge in [0.2, 0.25) is 0 Å². The Balaban J connectivity index is 2.10. The number of amides is 2. The van der Waals surface area contributed by atoms with E-state index >= 15 is 0 Å². The fraction of sp³-hybridized carbons (Fsp3) is 0.312. The standard InChI is InChI=1S/C16H19ClN2O2/c1-3-11-7-8-14(17)13(4-2)15(11)19-16(20)18-10-12-6-5-9-21-12/h5-9H,3-4,10H2,1-2H3,(H2,18,19,20). The molecule has 0 fully saturated rings. The van der Waals surface area contributed by atoms with Crippen molar-refractivity contribution in [2.45, 2.75) is 33.2 Å². The van der Waals surface area contributed by atoms with Gasteiger partial charge in [-0.15, -0.1) is 0 Å². The van der Waals surface area contributed by atoms with Crippen molar-refractivity contribution in [2.24, 2.45) is 0 Å². The molecule has 0 radical (unpaired) electrons.